The van der Waals surface area contributed by atoms with Gasteiger partial charge in [-0.25, -0.2) is 4.98 Å². The highest BCUT2D eigenvalue weighted by molar-refractivity contribution is 5.81. The highest BCUT2D eigenvalue weighted by Crippen LogP contribution is 2.02. The summed E-state index contributed by atoms with van der Waals surface area (Å²) in [5, 5.41) is 0. The summed E-state index contributed by atoms with van der Waals surface area (Å²) in [5.41, 5.74) is 5.77. The van der Waals surface area contributed by atoms with E-state index in [1.165, 1.54) is 0 Å². The number of rotatable bonds is 6. The van der Waals surface area contributed by atoms with Crippen LogP contribution in [0.4, 0.5) is 0 Å². The van der Waals surface area contributed by atoms with E-state index in [1.54, 1.807) is 25.3 Å². The van der Waals surface area contributed by atoms with Gasteiger partial charge < -0.3 is 19.9 Å². The number of hydrogen-bond donors (Lipinski definition) is 1. The van der Waals surface area contributed by atoms with E-state index in [9.17, 15) is 4.79 Å². The summed E-state index contributed by atoms with van der Waals surface area (Å²) in [5.74, 6) is 0.741. The van der Waals surface area contributed by atoms with E-state index >= 15 is 0 Å². The number of carbonyl (C=O) groups excluding carboxylic acids is 1. The number of imidazole rings is 1. The van der Waals surface area contributed by atoms with Crippen molar-refractivity contribution in [1.82, 2.24) is 14.5 Å². The molecule has 0 aliphatic rings. The summed E-state index contributed by atoms with van der Waals surface area (Å²) in [7, 11) is 5.21. The Kier molecular flexibility index (Phi) is 5.11. The van der Waals surface area contributed by atoms with Gasteiger partial charge in [0.05, 0.1) is 12.6 Å². The molecule has 96 valence electrons. The molecule has 6 heteroatoms. The predicted octanol–water partition coefficient (Wildman–Crippen LogP) is -0.258. The van der Waals surface area contributed by atoms with Crippen molar-refractivity contribution in [2.24, 2.45) is 12.8 Å². The summed E-state index contributed by atoms with van der Waals surface area (Å²) in [6, 6.07) is -0.514. The molecule has 1 unspecified atom stereocenters. The molecular weight excluding hydrogens is 220 g/mol. The van der Waals surface area contributed by atoms with Gasteiger partial charge in [0, 0.05) is 40.2 Å². The molecular formula is C11H20N4O2. The molecule has 6 nitrogen and oxygen atoms in total. The third-order valence-electron chi connectivity index (χ3n) is 2.63. The summed E-state index contributed by atoms with van der Waals surface area (Å²) >= 11 is 0. The van der Waals surface area contributed by atoms with E-state index in [4.69, 9.17) is 10.5 Å². The van der Waals surface area contributed by atoms with Crippen LogP contribution >= 0.6 is 0 Å². The molecule has 0 fully saturated rings. The normalized spacial score (nSPS) is 12.5. The summed E-state index contributed by atoms with van der Waals surface area (Å²) in [6.45, 7) is 0.951. The first-order valence-corrected chi connectivity index (χ1v) is 5.52. The molecule has 0 saturated carbocycles. The quantitative estimate of drug-likeness (QED) is 0.743. The van der Waals surface area contributed by atoms with Gasteiger partial charge in [-0.05, 0) is 6.42 Å². The third-order valence-corrected chi connectivity index (χ3v) is 2.63. The molecule has 1 atom stereocenters. The van der Waals surface area contributed by atoms with Gasteiger partial charge in [0.1, 0.15) is 5.82 Å². The molecule has 17 heavy (non-hydrogen) atoms. The van der Waals surface area contributed by atoms with E-state index < -0.39 is 6.04 Å². The number of nitrogens with two attached hydrogens (primary N) is 1. The summed E-state index contributed by atoms with van der Waals surface area (Å²) in [4.78, 5) is 17.6. The van der Waals surface area contributed by atoms with Crippen molar-refractivity contribution in [3.63, 3.8) is 0 Å². The standard InChI is InChI=1S/C11H20N4O2/c1-14-6-5-13-10(14)8-15(2)11(16)9(12)4-7-17-3/h5-6,9H,4,7-8,12H2,1-3H3. The van der Waals surface area contributed by atoms with Crippen molar-refractivity contribution in [3.8, 4) is 0 Å². The van der Waals surface area contributed by atoms with Crippen LogP contribution in [-0.2, 0) is 23.1 Å². The Morgan fingerprint density at radius 1 is 1.71 bits per heavy atom. The van der Waals surface area contributed by atoms with Gasteiger partial charge in [-0.15, -0.1) is 0 Å². The predicted molar refractivity (Wildman–Crippen MR) is 64.2 cm³/mol. The van der Waals surface area contributed by atoms with Crippen LogP contribution < -0.4 is 5.73 Å². The molecule has 1 amide bonds. The fourth-order valence-electron chi connectivity index (χ4n) is 1.49. The molecule has 0 aliphatic carbocycles. The lowest BCUT2D eigenvalue weighted by atomic mass is 10.2. The second-order valence-corrected chi connectivity index (χ2v) is 4.04. The maximum atomic E-state index is 11.9. The first-order valence-electron chi connectivity index (χ1n) is 5.52. The topological polar surface area (TPSA) is 73.4 Å². The van der Waals surface area contributed by atoms with E-state index in [-0.39, 0.29) is 5.91 Å². The van der Waals surface area contributed by atoms with E-state index in [1.807, 2.05) is 17.8 Å². The molecule has 0 saturated heterocycles. The Morgan fingerprint density at radius 2 is 2.41 bits per heavy atom. The van der Waals surface area contributed by atoms with Crippen LogP contribution in [0.15, 0.2) is 12.4 Å². The number of ether oxygens (including phenoxy) is 1. The molecule has 1 rings (SSSR count). The van der Waals surface area contributed by atoms with Crippen molar-refractivity contribution in [2.75, 3.05) is 20.8 Å². The molecule has 0 spiro atoms. The molecule has 1 aromatic heterocycles. The first-order chi connectivity index (χ1) is 8.06. The Bertz CT molecular complexity index is 364. The van der Waals surface area contributed by atoms with Gasteiger partial charge in [0.25, 0.3) is 0 Å². The Morgan fingerprint density at radius 3 is 2.94 bits per heavy atom. The molecule has 0 aromatic carbocycles. The van der Waals surface area contributed by atoms with Crippen LogP contribution in [0.25, 0.3) is 0 Å². The van der Waals surface area contributed by atoms with E-state index in [0.29, 0.717) is 19.6 Å². The van der Waals surface area contributed by atoms with Gasteiger partial charge in [0.2, 0.25) is 5.91 Å². The maximum Gasteiger partial charge on any atom is 0.239 e. The number of hydrogen-bond acceptors (Lipinski definition) is 4. The van der Waals surface area contributed by atoms with Crippen LogP contribution in [0.2, 0.25) is 0 Å². The fourth-order valence-corrected chi connectivity index (χ4v) is 1.49. The highest BCUT2D eigenvalue weighted by atomic mass is 16.5. The zero-order chi connectivity index (χ0) is 12.8. The highest BCUT2D eigenvalue weighted by Gasteiger charge is 2.18. The number of nitrogens with zero attached hydrogens (tertiary/aromatic N) is 3. The van der Waals surface area contributed by atoms with Crippen molar-refractivity contribution >= 4 is 5.91 Å². The lowest BCUT2D eigenvalue weighted by Gasteiger charge is -2.20. The van der Waals surface area contributed by atoms with Crippen molar-refractivity contribution in [3.05, 3.63) is 18.2 Å². The lowest BCUT2D eigenvalue weighted by molar-refractivity contribution is -0.132. The van der Waals surface area contributed by atoms with Gasteiger partial charge in [-0.2, -0.15) is 0 Å². The second-order valence-electron chi connectivity index (χ2n) is 4.04. The van der Waals surface area contributed by atoms with E-state index in [2.05, 4.69) is 4.98 Å². The first kappa shape index (κ1) is 13.7. The minimum Gasteiger partial charge on any atom is -0.385 e. The van der Waals surface area contributed by atoms with Crippen LogP contribution in [0, 0.1) is 0 Å². The average molecular weight is 240 g/mol. The number of aryl methyl sites for hydroxylation is 1. The van der Waals surface area contributed by atoms with Gasteiger partial charge in [-0.3, -0.25) is 4.79 Å². The minimum atomic E-state index is -0.514. The van der Waals surface area contributed by atoms with Crippen LogP contribution in [0.5, 0.6) is 0 Å². The van der Waals surface area contributed by atoms with E-state index in [0.717, 1.165) is 5.82 Å². The number of likely N-dealkylation sites (N-methyl/N-ethyl adjacent to an activating group) is 1. The van der Waals surface area contributed by atoms with Crippen molar-refractivity contribution in [2.45, 2.75) is 19.0 Å². The van der Waals surface area contributed by atoms with Gasteiger partial charge in [0.15, 0.2) is 0 Å². The third kappa shape index (κ3) is 3.83. The maximum absolute atomic E-state index is 11.9. The number of methoxy groups -OCH3 is 1. The molecule has 2 N–H and O–H groups in total. The van der Waals surface area contributed by atoms with Crippen molar-refractivity contribution in [1.29, 1.82) is 0 Å². The zero-order valence-corrected chi connectivity index (χ0v) is 10.6. The second kappa shape index (κ2) is 6.36. The fraction of sp³-hybridized carbons (Fsp3) is 0.636. The van der Waals surface area contributed by atoms with Crippen LogP contribution in [-0.4, -0.2) is 47.2 Å². The number of aromatic nitrogens is 2. The summed E-state index contributed by atoms with van der Waals surface area (Å²) < 4.78 is 6.78. The lowest BCUT2D eigenvalue weighted by Crippen LogP contribution is -2.42. The largest absolute Gasteiger partial charge is 0.385 e. The number of amides is 1. The summed E-state index contributed by atoms with van der Waals surface area (Å²) in [6.07, 6.45) is 4.08. The van der Waals surface area contributed by atoms with Crippen LogP contribution in [0.1, 0.15) is 12.2 Å². The van der Waals surface area contributed by atoms with Gasteiger partial charge >= 0.3 is 0 Å². The molecule has 1 heterocycles. The Balaban J connectivity index is 2.49. The van der Waals surface area contributed by atoms with Gasteiger partial charge in [-0.1, -0.05) is 0 Å². The molecule has 0 aliphatic heterocycles. The van der Waals surface area contributed by atoms with Crippen molar-refractivity contribution < 1.29 is 9.53 Å². The SMILES string of the molecule is COCCC(N)C(=O)N(C)Cc1nccn1C. The number of carbonyl (C=O) groups is 1. The molecule has 1 aromatic rings. The Labute approximate surface area is 101 Å². The zero-order valence-electron chi connectivity index (χ0n) is 10.6. The molecule has 0 radical (unpaired) electrons. The smallest absolute Gasteiger partial charge is 0.239 e. The van der Waals surface area contributed by atoms with Crippen LogP contribution in [0.3, 0.4) is 0 Å². The molecule has 0 bridgehead atoms. The monoisotopic (exact) mass is 240 g/mol. The Hall–Kier alpha value is -1.40. The minimum absolute atomic E-state index is 0.0925. The average Bonchev–Trinajstić information content (AvgIpc) is 2.70.